The standard InChI is InChI=1S/C10H14N4O/c1-14(2-3-15)10-5-9-7(4-8(10)11)6-12-13-9/h4-6,15H,2-3,11H2,1H3,(H,12,13). The van der Waals surface area contributed by atoms with E-state index in [2.05, 4.69) is 10.2 Å². The van der Waals surface area contributed by atoms with Crippen LogP contribution in [-0.2, 0) is 0 Å². The van der Waals surface area contributed by atoms with Gasteiger partial charge in [0.1, 0.15) is 0 Å². The maximum absolute atomic E-state index is 8.86. The smallest absolute Gasteiger partial charge is 0.0672 e. The quantitative estimate of drug-likeness (QED) is 0.642. The van der Waals surface area contributed by atoms with Gasteiger partial charge in [0, 0.05) is 19.0 Å². The van der Waals surface area contributed by atoms with Gasteiger partial charge in [-0.1, -0.05) is 0 Å². The van der Waals surface area contributed by atoms with Crippen LogP contribution in [0.2, 0.25) is 0 Å². The molecule has 15 heavy (non-hydrogen) atoms. The summed E-state index contributed by atoms with van der Waals surface area (Å²) in [6, 6.07) is 3.81. The van der Waals surface area contributed by atoms with Crippen LogP contribution in [0.15, 0.2) is 18.3 Å². The lowest BCUT2D eigenvalue weighted by Crippen LogP contribution is -2.22. The lowest BCUT2D eigenvalue weighted by atomic mass is 10.2. The minimum absolute atomic E-state index is 0.108. The fourth-order valence-corrected chi connectivity index (χ4v) is 1.60. The molecular weight excluding hydrogens is 192 g/mol. The van der Waals surface area contributed by atoms with Crippen molar-refractivity contribution in [3.63, 3.8) is 0 Å². The highest BCUT2D eigenvalue weighted by atomic mass is 16.3. The molecule has 0 saturated carbocycles. The Morgan fingerprint density at radius 2 is 2.33 bits per heavy atom. The fourth-order valence-electron chi connectivity index (χ4n) is 1.60. The van der Waals surface area contributed by atoms with Gasteiger partial charge in [0.2, 0.25) is 0 Å². The zero-order valence-electron chi connectivity index (χ0n) is 8.57. The maximum Gasteiger partial charge on any atom is 0.0672 e. The molecule has 0 aliphatic carbocycles. The molecule has 0 aliphatic heterocycles. The highest BCUT2D eigenvalue weighted by Crippen LogP contribution is 2.26. The van der Waals surface area contributed by atoms with Crippen molar-refractivity contribution >= 4 is 22.3 Å². The van der Waals surface area contributed by atoms with E-state index < -0.39 is 0 Å². The minimum Gasteiger partial charge on any atom is -0.397 e. The predicted molar refractivity (Wildman–Crippen MR) is 60.9 cm³/mol. The molecule has 5 nitrogen and oxygen atoms in total. The third-order valence-electron chi connectivity index (χ3n) is 2.43. The Balaban J connectivity index is 2.45. The molecule has 0 spiro atoms. The van der Waals surface area contributed by atoms with Gasteiger partial charge in [0.25, 0.3) is 0 Å². The topological polar surface area (TPSA) is 78.2 Å². The van der Waals surface area contributed by atoms with E-state index in [4.69, 9.17) is 10.8 Å². The molecule has 0 bridgehead atoms. The number of aromatic nitrogens is 2. The van der Waals surface area contributed by atoms with E-state index in [1.807, 2.05) is 24.1 Å². The Labute approximate surface area is 87.5 Å². The second kappa shape index (κ2) is 3.78. The predicted octanol–water partition coefficient (Wildman–Crippen LogP) is 0.574. The number of H-pyrrole nitrogens is 1. The number of aliphatic hydroxyl groups is 1. The monoisotopic (exact) mass is 206 g/mol. The molecule has 0 amide bonds. The number of nitrogen functional groups attached to an aromatic ring is 1. The molecule has 0 unspecified atom stereocenters. The number of hydrogen-bond acceptors (Lipinski definition) is 4. The van der Waals surface area contributed by atoms with Gasteiger partial charge < -0.3 is 15.7 Å². The Kier molecular flexibility index (Phi) is 2.47. The van der Waals surface area contributed by atoms with Gasteiger partial charge in [-0.3, -0.25) is 5.10 Å². The van der Waals surface area contributed by atoms with Gasteiger partial charge >= 0.3 is 0 Å². The molecule has 2 rings (SSSR count). The fraction of sp³-hybridized carbons (Fsp3) is 0.300. The van der Waals surface area contributed by atoms with Crippen LogP contribution < -0.4 is 10.6 Å². The molecule has 5 heteroatoms. The average Bonchev–Trinajstić information content (AvgIpc) is 2.63. The lowest BCUT2D eigenvalue weighted by Gasteiger charge is -2.19. The van der Waals surface area contributed by atoms with Gasteiger partial charge in [-0.25, -0.2) is 0 Å². The Bertz CT molecular complexity index is 465. The van der Waals surface area contributed by atoms with Crippen LogP contribution in [0.5, 0.6) is 0 Å². The summed E-state index contributed by atoms with van der Waals surface area (Å²) < 4.78 is 0. The third-order valence-corrected chi connectivity index (χ3v) is 2.43. The summed E-state index contributed by atoms with van der Waals surface area (Å²) in [7, 11) is 1.89. The number of aromatic amines is 1. The summed E-state index contributed by atoms with van der Waals surface area (Å²) in [6.45, 7) is 0.667. The first-order valence-electron chi connectivity index (χ1n) is 4.77. The number of rotatable bonds is 3. The van der Waals surface area contributed by atoms with Crippen molar-refractivity contribution in [2.24, 2.45) is 0 Å². The van der Waals surface area contributed by atoms with E-state index >= 15 is 0 Å². The van der Waals surface area contributed by atoms with Crippen molar-refractivity contribution in [2.75, 3.05) is 30.8 Å². The first-order valence-corrected chi connectivity index (χ1v) is 4.77. The van der Waals surface area contributed by atoms with Crippen molar-refractivity contribution in [1.82, 2.24) is 10.2 Å². The summed E-state index contributed by atoms with van der Waals surface area (Å²) in [4.78, 5) is 1.91. The molecule has 0 saturated heterocycles. The van der Waals surface area contributed by atoms with Crippen molar-refractivity contribution in [2.45, 2.75) is 0 Å². The van der Waals surface area contributed by atoms with Crippen LogP contribution >= 0.6 is 0 Å². The molecule has 0 aliphatic rings. The van der Waals surface area contributed by atoms with Crippen LogP contribution in [0.3, 0.4) is 0 Å². The molecule has 0 atom stereocenters. The average molecular weight is 206 g/mol. The Morgan fingerprint density at radius 1 is 1.53 bits per heavy atom. The van der Waals surface area contributed by atoms with Crippen LogP contribution in [0, 0.1) is 0 Å². The highest BCUT2D eigenvalue weighted by Gasteiger charge is 2.07. The highest BCUT2D eigenvalue weighted by molar-refractivity contribution is 5.88. The molecule has 0 radical (unpaired) electrons. The molecule has 1 aromatic heterocycles. The molecular formula is C10H14N4O. The van der Waals surface area contributed by atoms with Crippen LogP contribution in [-0.4, -0.2) is 35.5 Å². The maximum atomic E-state index is 8.86. The molecule has 4 N–H and O–H groups in total. The normalized spacial score (nSPS) is 10.8. The zero-order chi connectivity index (χ0) is 10.8. The van der Waals surface area contributed by atoms with Gasteiger partial charge in [-0.15, -0.1) is 0 Å². The zero-order valence-corrected chi connectivity index (χ0v) is 8.57. The van der Waals surface area contributed by atoms with E-state index in [0.717, 1.165) is 16.6 Å². The molecule has 2 aromatic rings. The second-order valence-electron chi connectivity index (χ2n) is 3.51. The van der Waals surface area contributed by atoms with Crippen molar-refractivity contribution in [3.05, 3.63) is 18.3 Å². The number of likely N-dealkylation sites (N-methyl/N-ethyl adjacent to an activating group) is 1. The van der Waals surface area contributed by atoms with Gasteiger partial charge in [0.05, 0.1) is 29.7 Å². The number of nitrogens with zero attached hydrogens (tertiary/aromatic N) is 2. The SMILES string of the molecule is CN(CCO)c1cc2[nH]ncc2cc1N. The Morgan fingerprint density at radius 3 is 3.07 bits per heavy atom. The number of aliphatic hydroxyl groups excluding tert-OH is 1. The minimum atomic E-state index is 0.108. The Hall–Kier alpha value is -1.75. The van der Waals surface area contributed by atoms with E-state index in [1.54, 1.807) is 6.20 Å². The van der Waals surface area contributed by atoms with Crippen molar-refractivity contribution in [1.29, 1.82) is 0 Å². The third kappa shape index (κ3) is 1.73. The van der Waals surface area contributed by atoms with E-state index in [1.165, 1.54) is 0 Å². The number of anilines is 2. The number of nitrogens with one attached hydrogen (secondary N) is 1. The van der Waals surface area contributed by atoms with Gasteiger partial charge in [0.15, 0.2) is 0 Å². The van der Waals surface area contributed by atoms with Crippen molar-refractivity contribution < 1.29 is 5.11 Å². The summed E-state index contributed by atoms with van der Waals surface area (Å²) in [5, 5.41) is 16.7. The number of benzene rings is 1. The summed E-state index contributed by atoms with van der Waals surface area (Å²) in [5.74, 6) is 0. The lowest BCUT2D eigenvalue weighted by molar-refractivity contribution is 0.304. The van der Waals surface area contributed by atoms with Crippen LogP contribution in [0.4, 0.5) is 11.4 Å². The second-order valence-corrected chi connectivity index (χ2v) is 3.51. The van der Waals surface area contributed by atoms with Gasteiger partial charge in [-0.05, 0) is 12.1 Å². The van der Waals surface area contributed by atoms with E-state index in [-0.39, 0.29) is 6.61 Å². The molecule has 1 heterocycles. The van der Waals surface area contributed by atoms with E-state index in [0.29, 0.717) is 12.2 Å². The first-order chi connectivity index (χ1) is 7.22. The largest absolute Gasteiger partial charge is 0.397 e. The number of hydrogen-bond donors (Lipinski definition) is 3. The van der Waals surface area contributed by atoms with Crippen molar-refractivity contribution in [3.8, 4) is 0 Å². The molecule has 0 fully saturated rings. The van der Waals surface area contributed by atoms with Gasteiger partial charge in [-0.2, -0.15) is 5.10 Å². The van der Waals surface area contributed by atoms with Crippen LogP contribution in [0.1, 0.15) is 0 Å². The van der Waals surface area contributed by atoms with E-state index in [9.17, 15) is 0 Å². The number of fused-ring (bicyclic) bond motifs is 1. The number of nitrogens with two attached hydrogens (primary N) is 1. The summed E-state index contributed by atoms with van der Waals surface area (Å²) in [5.41, 5.74) is 8.46. The summed E-state index contributed by atoms with van der Waals surface area (Å²) >= 11 is 0. The van der Waals surface area contributed by atoms with Crippen LogP contribution in [0.25, 0.3) is 10.9 Å². The summed E-state index contributed by atoms with van der Waals surface area (Å²) in [6.07, 6.45) is 1.74. The molecule has 1 aromatic carbocycles. The first kappa shape index (κ1) is 9.79. The molecule has 80 valence electrons.